The van der Waals surface area contributed by atoms with E-state index in [0.29, 0.717) is 0 Å². The molecule has 2 N–H and O–H groups in total. The molecule has 0 aliphatic heterocycles. The summed E-state index contributed by atoms with van der Waals surface area (Å²) in [6.07, 6.45) is 3.38. The van der Waals surface area contributed by atoms with Gasteiger partial charge in [-0.2, -0.15) is 0 Å². The summed E-state index contributed by atoms with van der Waals surface area (Å²) in [5.41, 5.74) is 0.865. The first-order chi connectivity index (χ1) is 5.42. The first-order valence-electron chi connectivity index (χ1n) is 3.37. The number of nitrogens with one attached hydrogen (secondary N) is 2. The predicted octanol–water partition coefficient (Wildman–Crippen LogP) is 1.000. The van der Waals surface area contributed by atoms with Gasteiger partial charge in [-0.1, -0.05) is 0 Å². The Morgan fingerprint density at radius 1 is 1.45 bits per heavy atom. The van der Waals surface area contributed by atoms with Gasteiger partial charge >= 0.3 is 0 Å². The standard InChI is InChI=1S/C7H8N4/c1-8-6-5-2-3-9-7(5)11-4-10-6/h2-4H,1H3,(H2,8,9,10,11). The molecule has 0 aliphatic carbocycles. The van der Waals surface area contributed by atoms with E-state index in [-0.39, 0.29) is 0 Å². The Hall–Kier alpha value is -1.58. The molecule has 0 bridgehead atoms. The molecule has 0 amide bonds. The summed E-state index contributed by atoms with van der Waals surface area (Å²) >= 11 is 0. The third-order valence-corrected chi connectivity index (χ3v) is 1.59. The summed E-state index contributed by atoms with van der Waals surface area (Å²) in [7, 11) is 1.84. The van der Waals surface area contributed by atoms with Gasteiger partial charge in [0.05, 0.1) is 5.39 Å². The molecule has 0 aliphatic rings. The lowest BCUT2D eigenvalue weighted by Gasteiger charge is -1.97. The van der Waals surface area contributed by atoms with Gasteiger partial charge in [-0.25, -0.2) is 9.97 Å². The highest BCUT2D eigenvalue weighted by Crippen LogP contribution is 2.15. The van der Waals surface area contributed by atoms with E-state index in [1.807, 2.05) is 19.3 Å². The summed E-state index contributed by atoms with van der Waals surface area (Å²) in [6, 6.07) is 1.95. The number of H-pyrrole nitrogens is 1. The summed E-state index contributed by atoms with van der Waals surface area (Å²) in [5, 5.41) is 4.01. The molecule has 2 aromatic rings. The third kappa shape index (κ3) is 0.832. The highest BCUT2D eigenvalue weighted by atomic mass is 15.0. The Bertz CT molecular complexity index is 365. The van der Waals surface area contributed by atoms with Crippen LogP contribution in [0.3, 0.4) is 0 Å². The molecular weight excluding hydrogens is 140 g/mol. The molecule has 0 spiro atoms. The summed E-state index contributed by atoms with van der Waals surface area (Å²) in [4.78, 5) is 11.1. The van der Waals surface area contributed by atoms with Crippen LogP contribution < -0.4 is 5.32 Å². The van der Waals surface area contributed by atoms with Crippen LogP contribution in [0.25, 0.3) is 11.0 Å². The van der Waals surface area contributed by atoms with Gasteiger partial charge < -0.3 is 10.3 Å². The zero-order valence-electron chi connectivity index (χ0n) is 6.13. The average Bonchev–Trinajstić information content (AvgIpc) is 2.50. The van der Waals surface area contributed by atoms with Crippen molar-refractivity contribution in [3.8, 4) is 0 Å². The maximum absolute atomic E-state index is 4.06. The quantitative estimate of drug-likeness (QED) is 0.634. The van der Waals surface area contributed by atoms with Crippen LogP contribution in [0.5, 0.6) is 0 Å². The highest BCUT2D eigenvalue weighted by Gasteiger charge is 1.99. The van der Waals surface area contributed by atoms with E-state index in [1.165, 1.54) is 6.33 Å². The molecule has 0 atom stereocenters. The van der Waals surface area contributed by atoms with Gasteiger partial charge in [0.25, 0.3) is 0 Å². The summed E-state index contributed by atoms with van der Waals surface area (Å²) < 4.78 is 0. The van der Waals surface area contributed by atoms with E-state index in [9.17, 15) is 0 Å². The summed E-state index contributed by atoms with van der Waals surface area (Å²) in [6.45, 7) is 0. The number of anilines is 1. The molecule has 2 aromatic heterocycles. The first kappa shape index (κ1) is 6.15. The number of rotatable bonds is 1. The lowest BCUT2D eigenvalue weighted by molar-refractivity contribution is 1.19. The van der Waals surface area contributed by atoms with Crippen molar-refractivity contribution < 1.29 is 0 Å². The number of hydrogen-bond acceptors (Lipinski definition) is 3. The van der Waals surface area contributed by atoms with E-state index < -0.39 is 0 Å². The first-order valence-corrected chi connectivity index (χ1v) is 3.37. The smallest absolute Gasteiger partial charge is 0.142 e. The van der Waals surface area contributed by atoms with Crippen LogP contribution in [-0.2, 0) is 0 Å². The molecule has 2 heterocycles. The largest absolute Gasteiger partial charge is 0.372 e. The van der Waals surface area contributed by atoms with Crippen LogP contribution in [0.4, 0.5) is 5.82 Å². The Labute approximate surface area is 63.7 Å². The molecule has 0 aromatic carbocycles. The molecule has 11 heavy (non-hydrogen) atoms. The molecule has 0 unspecified atom stereocenters. The van der Waals surface area contributed by atoms with E-state index in [1.54, 1.807) is 0 Å². The van der Waals surface area contributed by atoms with Gasteiger partial charge in [0.1, 0.15) is 17.8 Å². The number of aromatic nitrogens is 3. The molecule has 0 saturated heterocycles. The van der Waals surface area contributed by atoms with Crippen LogP contribution in [-0.4, -0.2) is 22.0 Å². The van der Waals surface area contributed by atoms with Crippen molar-refractivity contribution >= 4 is 16.9 Å². The fraction of sp³-hybridized carbons (Fsp3) is 0.143. The van der Waals surface area contributed by atoms with Crippen LogP contribution in [0.2, 0.25) is 0 Å². The SMILES string of the molecule is CNc1ncnc2[nH]ccc12. The maximum Gasteiger partial charge on any atom is 0.142 e. The Balaban J connectivity index is 2.79. The second-order valence-electron chi connectivity index (χ2n) is 2.21. The number of nitrogens with zero attached hydrogens (tertiary/aromatic N) is 2. The van der Waals surface area contributed by atoms with Gasteiger partial charge in [0, 0.05) is 13.2 Å². The molecule has 0 saturated carbocycles. The number of aromatic amines is 1. The zero-order chi connectivity index (χ0) is 7.68. The molecule has 56 valence electrons. The zero-order valence-corrected chi connectivity index (χ0v) is 6.13. The van der Waals surface area contributed by atoms with E-state index in [4.69, 9.17) is 0 Å². The molecule has 0 radical (unpaired) electrons. The van der Waals surface area contributed by atoms with Gasteiger partial charge in [0.15, 0.2) is 0 Å². The van der Waals surface area contributed by atoms with Crippen molar-refractivity contribution in [3.63, 3.8) is 0 Å². The van der Waals surface area contributed by atoms with Gasteiger partial charge in [-0.15, -0.1) is 0 Å². The summed E-state index contributed by atoms with van der Waals surface area (Å²) in [5.74, 6) is 0.858. The minimum absolute atomic E-state index is 0.858. The van der Waals surface area contributed by atoms with Gasteiger partial charge in [0.2, 0.25) is 0 Å². The fourth-order valence-electron chi connectivity index (χ4n) is 1.07. The Kier molecular flexibility index (Phi) is 1.25. The molecule has 4 heteroatoms. The second-order valence-corrected chi connectivity index (χ2v) is 2.21. The fourth-order valence-corrected chi connectivity index (χ4v) is 1.07. The minimum atomic E-state index is 0.858. The lowest BCUT2D eigenvalue weighted by atomic mass is 10.4. The van der Waals surface area contributed by atoms with Crippen molar-refractivity contribution in [1.29, 1.82) is 0 Å². The van der Waals surface area contributed by atoms with E-state index in [2.05, 4.69) is 20.3 Å². The predicted molar refractivity (Wildman–Crippen MR) is 43.4 cm³/mol. The maximum atomic E-state index is 4.06. The number of fused-ring (bicyclic) bond motifs is 1. The van der Waals surface area contributed by atoms with Crippen LogP contribution in [0, 0.1) is 0 Å². The molecule has 4 nitrogen and oxygen atoms in total. The Morgan fingerprint density at radius 2 is 2.36 bits per heavy atom. The molecule has 2 rings (SSSR count). The van der Waals surface area contributed by atoms with Gasteiger partial charge in [-0.05, 0) is 6.07 Å². The van der Waals surface area contributed by atoms with Crippen LogP contribution in [0.15, 0.2) is 18.6 Å². The van der Waals surface area contributed by atoms with Crippen molar-refractivity contribution in [3.05, 3.63) is 18.6 Å². The average molecular weight is 148 g/mol. The van der Waals surface area contributed by atoms with Crippen molar-refractivity contribution in [1.82, 2.24) is 15.0 Å². The normalized spacial score (nSPS) is 10.3. The van der Waals surface area contributed by atoms with Crippen molar-refractivity contribution in [2.24, 2.45) is 0 Å². The molecular formula is C7H8N4. The minimum Gasteiger partial charge on any atom is -0.372 e. The van der Waals surface area contributed by atoms with Gasteiger partial charge in [-0.3, -0.25) is 0 Å². The number of hydrogen-bond donors (Lipinski definition) is 2. The third-order valence-electron chi connectivity index (χ3n) is 1.59. The topological polar surface area (TPSA) is 53.6 Å². The molecule has 0 fully saturated rings. The van der Waals surface area contributed by atoms with Crippen molar-refractivity contribution in [2.45, 2.75) is 0 Å². The lowest BCUT2D eigenvalue weighted by Crippen LogP contribution is -1.92. The highest BCUT2D eigenvalue weighted by molar-refractivity contribution is 5.86. The van der Waals surface area contributed by atoms with Crippen LogP contribution >= 0.6 is 0 Å². The monoisotopic (exact) mass is 148 g/mol. The van der Waals surface area contributed by atoms with E-state index >= 15 is 0 Å². The van der Waals surface area contributed by atoms with E-state index in [0.717, 1.165) is 16.9 Å². The Morgan fingerprint density at radius 3 is 3.18 bits per heavy atom. The second kappa shape index (κ2) is 2.23. The van der Waals surface area contributed by atoms with Crippen LogP contribution in [0.1, 0.15) is 0 Å². The van der Waals surface area contributed by atoms with Crippen molar-refractivity contribution in [2.75, 3.05) is 12.4 Å².